The summed E-state index contributed by atoms with van der Waals surface area (Å²) in [6, 6.07) is 10.9. The van der Waals surface area contributed by atoms with Gasteiger partial charge in [0.25, 0.3) is 0 Å². The summed E-state index contributed by atoms with van der Waals surface area (Å²) in [7, 11) is 0. The molecule has 150 valence electrons. The SMILES string of the molecule is O=C(O)CNC(=O)C1C(=O)CCN(Cc2ccc(-c3ccc(Cl)cc3)nc2)C1=O. The van der Waals surface area contributed by atoms with Gasteiger partial charge in [0.1, 0.15) is 6.54 Å². The number of likely N-dealkylation sites (tertiary alicyclic amines) is 1. The van der Waals surface area contributed by atoms with E-state index < -0.39 is 36.0 Å². The first-order valence-corrected chi connectivity index (χ1v) is 9.25. The molecule has 1 atom stereocenters. The van der Waals surface area contributed by atoms with Crippen molar-refractivity contribution in [3.63, 3.8) is 0 Å². The summed E-state index contributed by atoms with van der Waals surface area (Å²) in [5.74, 6) is -4.79. The van der Waals surface area contributed by atoms with Gasteiger partial charge in [-0.1, -0.05) is 29.8 Å². The third kappa shape index (κ3) is 4.97. The molecular weight excluding hydrogens is 398 g/mol. The van der Waals surface area contributed by atoms with Crippen molar-refractivity contribution in [2.75, 3.05) is 13.1 Å². The quantitative estimate of drug-likeness (QED) is 0.691. The Bertz CT molecular complexity index is 944. The van der Waals surface area contributed by atoms with Crippen LogP contribution in [0.3, 0.4) is 0 Å². The molecule has 1 unspecified atom stereocenters. The minimum atomic E-state index is -1.51. The number of piperidine rings is 1. The van der Waals surface area contributed by atoms with Crippen LogP contribution in [0.1, 0.15) is 12.0 Å². The number of pyridine rings is 1. The Morgan fingerprint density at radius 2 is 1.90 bits per heavy atom. The number of rotatable bonds is 6. The maximum Gasteiger partial charge on any atom is 0.322 e. The number of carbonyl (C=O) groups is 4. The zero-order chi connectivity index (χ0) is 21.0. The third-order valence-electron chi connectivity index (χ3n) is 4.52. The van der Waals surface area contributed by atoms with Crippen molar-refractivity contribution >= 4 is 35.2 Å². The first kappa shape index (κ1) is 20.5. The third-order valence-corrected chi connectivity index (χ3v) is 4.77. The van der Waals surface area contributed by atoms with Gasteiger partial charge in [-0.25, -0.2) is 0 Å². The lowest BCUT2D eigenvalue weighted by molar-refractivity contribution is -0.152. The van der Waals surface area contributed by atoms with Gasteiger partial charge in [0, 0.05) is 36.3 Å². The lowest BCUT2D eigenvalue weighted by Crippen LogP contribution is -2.52. The number of hydrogen-bond acceptors (Lipinski definition) is 5. The molecule has 1 aromatic heterocycles. The molecular formula is C20H18ClN3O5. The maximum absolute atomic E-state index is 12.6. The summed E-state index contributed by atoms with van der Waals surface area (Å²) >= 11 is 5.89. The molecule has 8 nitrogen and oxygen atoms in total. The number of ketones is 1. The summed E-state index contributed by atoms with van der Waals surface area (Å²) in [4.78, 5) is 53.1. The van der Waals surface area contributed by atoms with Crippen LogP contribution in [0.5, 0.6) is 0 Å². The summed E-state index contributed by atoms with van der Waals surface area (Å²) in [5.41, 5.74) is 2.39. The van der Waals surface area contributed by atoms with Crippen LogP contribution in [0.15, 0.2) is 42.6 Å². The molecule has 2 amide bonds. The number of Topliss-reactive ketones (excluding diaryl/α,β-unsaturated/α-hetero) is 1. The number of carboxylic acid groups (broad SMARTS) is 1. The summed E-state index contributed by atoms with van der Waals surface area (Å²) in [6.45, 7) is -0.256. The number of nitrogens with one attached hydrogen (secondary N) is 1. The molecule has 29 heavy (non-hydrogen) atoms. The summed E-state index contributed by atoms with van der Waals surface area (Å²) in [5, 5.41) is 11.4. The lowest BCUT2D eigenvalue weighted by Gasteiger charge is -2.30. The van der Waals surface area contributed by atoms with Gasteiger partial charge in [-0.05, 0) is 23.8 Å². The molecule has 3 rings (SSSR count). The monoisotopic (exact) mass is 415 g/mol. The van der Waals surface area contributed by atoms with Crippen molar-refractivity contribution in [1.29, 1.82) is 0 Å². The van der Waals surface area contributed by atoms with Crippen LogP contribution in [0, 0.1) is 5.92 Å². The number of halogens is 1. The fourth-order valence-electron chi connectivity index (χ4n) is 3.03. The van der Waals surface area contributed by atoms with Gasteiger partial charge in [-0.3, -0.25) is 24.2 Å². The van der Waals surface area contributed by atoms with Crippen LogP contribution in [0.25, 0.3) is 11.3 Å². The second-order valence-corrected chi connectivity index (χ2v) is 7.02. The zero-order valence-electron chi connectivity index (χ0n) is 15.3. The van der Waals surface area contributed by atoms with E-state index in [0.717, 1.165) is 16.8 Å². The number of amides is 2. The second kappa shape index (κ2) is 8.83. The average Bonchev–Trinajstić information content (AvgIpc) is 2.70. The molecule has 1 aromatic carbocycles. The summed E-state index contributed by atoms with van der Waals surface area (Å²) in [6.07, 6.45) is 1.67. The number of carbonyl (C=O) groups excluding carboxylic acids is 3. The highest BCUT2D eigenvalue weighted by molar-refractivity contribution is 6.30. The molecule has 0 bridgehead atoms. The molecule has 2 N–H and O–H groups in total. The van der Waals surface area contributed by atoms with E-state index in [-0.39, 0.29) is 19.5 Å². The Hall–Kier alpha value is -3.26. The van der Waals surface area contributed by atoms with Gasteiger partial charge in [-0.2, -0.15) is 0 Å². The fraction of sp³-hybridized carbons (Fsp3) is 0.250. The highest BCUT2D eigenvalue weighted by Crippen LogP contribution is 2.21. The number of carboxylic acids is 1. The lowest BCUT2D eigenvalue weighted by atomic mass is 9.94. The van der Waals surface area contributed by atoms with Gasteiger partial charge in [-0.15, -0.1) is 0 Å². The van der Waals surface area contributed by atoms with Gasteiger partial charge >= 0.3 is 5.97 Å². The van der Waals surface area contributed by atoms with Gasteiger partial charge in [0.2, 0.25) is 11.8 Å². The first-order valence-electron chi connectivity index (χ1n) is 8.87. The van der Waals surface area contributed by atoms with Crippen molar-refractivity contribution < 1.29 is 24.3 Å². The normalized spacial score (nSPS) is 16.6. The highest BCUT2D eigenvalue weighted by Gasteiger charge is 2.40. The second-order valence-electron chi connectivity index (χ2n) is 6.58. The number of hydrogen-bond donors (Lipinski definition) is 2. The maximum atomic E-state index is 12.6. The molecule has 1 aliphatic rings. The van der Waals surface area contributed by atoms with Gasteiger partial charge in [0.05, 0.1) is 5.69 Å². The Balaban J connectivity index is 1.68. The number of nitrogens with zero attached hydrogens (tertiary/aromatic N) is 2. The number of benzene rings is 1. The van der Waals surface area contributed by atoms with Crippen LogP contribution in [0.2, 0.25) is 5.02 Å². The van der Waals surface area contributed by atoms with Gasteiger partial charge in [0.15, 0.2) is 11.7 Å². The highest BCUT2D eigenvalue weighted by atomic mass is 35.5. The molecule has 1 saturated heterocycles. The predicted molar refractivity (Wildman–Crippen MR) is 104 cm³/mol. The van der Waals surface area contributed by atoms with E-state index in [2.05, 4.69) is 10.3 Å². The van der Waals surface area contributed by atoms with E-state index >= 15 is 0 Å². The van der Waals surface area contributed by atoms with Crippen molar-refractivity contribution in [3.8, 4) is 11.3 Å². The Labute approximate surface area is 171 Å². The largest absolute Gasteiger partial charge is 0.480 e. The van der Waals surface area contributed by atoms with E-state index in [1.807, 2.05) is 24.3 Å². The molecule has 2 aromatic rings. The molecule has 0 radical (unpaired) electrons. The molecule has 9 heteroatoms. The van der Waals surface area contributed by atoms with Crippen molar-refractivity contribution in [2.24, 2.45) is 5.92 Å². The van der Waals surface area contributed by atoms with Crippen molar-refractivity contribution in [1.82, 2.24) is 15.2 Å². The van der Waals surface area contributed by atoms with E-state index in [1.165, 1.54) is 4.90 Å². The standard InChI is InChI=1S/C20H18ClN3O5/c21-14-4-2-13(3-5-14)15-6-1-12(9-22-15)11-24-8-7-16(25)18(20(24)29)19(28)23-10-17(26)27/h1-6,9,18H,7-8,10-11H2,(H,23,28)(H,26,27). The Morgan fingerprint density at radius 1 is 1.17 bits per heavy atom. The van der Waals surface area contributed by atoms with Crippen molar-refractivity contribution in [2.45, 2.75) is 13.0 Å². The predicted octanol–water partition coefficient (Wildman–Crippen LogP) is 1.52. The van der Waals surface area contributed by atoms with Gasteiger partial charge < -0.3 is 15.3 Å². The van der Waals surface area contributed by atoms with Crippen LogP contribution in [-0.2, 0) is 25.7 Å². The Morgan fingerprint density at radius 3 is 2.52 bits per heavy atom. The van der Waals surface area contributed by atoms with Crippen LogP contribution >= 0.6 is 11.6 Å². The van der Waals surface area contributed by atoms with E-state index in [4.69, 9.17) is 16.7 Å². The smallest absolute Gasteiger partial charge is 0.322 e. The first-order chi connectivity index (χ1) is 13.8. The van der Waals surface area contributed by atoms with Crippen LogP contribution < -0.4 is 5.32 Å². The molecule has 0 aliphatic carbocycles. The minimum absolute atomic E-state index is 0.0349. The van der Waals surface area contributed by atoms with Crippen molar-refractivity contribution in [3.05, 3.63) is 53.2 Å². The van der Waals surface area contributed by atoms with Crippen LogP contribution in [0.4, 0.5) is 0 Å². The minimum Gasteiger partial charge on any atom is -0.480 e. The fourth-order valence-corrected chi connectivity index (χ4v) is 3.16. The molecule has 1 fully saturated rings. The number of aromatic nitrogens is 1. The van der Waals surface area contributed by atoms with E-state index in [1.54, 1.807) is 18.3 Å². The molecule has 2 heterocycles. The topological polar surface area (TPSA) is 117 Å². The Kier molecular flexibility index (Phi) is 6.23. The molecule has 1 aliphatic heterocycles. The van der Waals surface area contributed by atoms with E-state index in [9.17, 15) is 19.2 Å². The molecule has 0 saturated carbocycles. The van der Waals surface area contributed by atoms with E-state index in [0.29, 0.717) is 5.02 Å². The number of aliphatic carboxylic acids is 1. The van der Waals surface area contributed by atoms with Crippen LogP contribution in [-0.4, -0.2) is 51.6 Å². The molecule has 0 spiro atoms. The summed E-state index contributed by atoms with van der Waals surface area (Å²) < 4.78 is 0. The zero-order valence-corrected chi connectivity index (χ0v) is 16.1. The average molecular weight is 416 g/mol.